The number of fused-ring (bicyclic) bond motifs is 3. The summed E-state index contributed by atoms with van der Waals surface area (Å²) in [4.78, 5) is 0. The van der Waals surface area contributed by atoms with Crippen LogP contribution in [-0.2, 0) is 0 Å². The number of hydrogen-bond acceptors (Lipinski definition) is 0. The lowest BCUT2D eigenvalue weighted by atomic mass is 9.83. The van der Waals surface area contributed by atoms with Crippen LogP contribution in [0, 0.1) is 20.8 Å². The van der Waals surface area contributed by atoms with Crippen LogP contribution in [0.25, 0.3) is 65.7 Å². The van der Waals surface area contributed by atoms with Crippen molar-refractivity contribution < 1.29 is 0 Å². The van der Waals surface area contributed by atoms with Crippen LogP contribution in [0.5, 0.6) is 0 Å². The molecule has 0 radical (unpaired) electrons. The third-order valence-electron chi connectivity index (χ3n) is 8.12. The Hall–Kier alpha value is -4.68. The Kier molecular flexibility index (Phi) is 5.56. The molecule has 0 atom stereocenters. The molecule has 7 rings (SSSR count). The third-order valence-corrected chi connectivity index (χ3v) is 8.12. The average molecular weight is 499 g/mol. The third kappa shape index (κ3) is 3.83. The van der Waals surface area contributed by atoms with Gasteiger partial charge >= 0.3 is 0 Å². The summed E-state index contributed by atoms with van der Waals surface area (Å²) in [6, 6.07) is 47.1. The van der Waals surface area contributed by atoms with Crippen molar-refractivity contribution >= 4 is 32.3 Å². The minimum Gasteiger partial charge on any atom is -0.0620 e. The molecule has 0 N–H and O–H groups in total. The lowest BCUT2D eigenvalue weighted by Crippen LogP contribution is -1.93. The second-order valence-corrected chi connectivity index (χ2v) is 10.7. The van der Waals surface area contributed by atoms with E-state index in [0.29, 0.717) is 0 Å². The molecule has 0 fully saturated rings. The number of benzene rings is 7. The van der Waals surface area contributed by atoms with Crippen LogP contribution >= 0.6 is 0 Å². The van der Waals surface area contributed by atoms with E-state index in [1.165, 1.54) is 82.4 Å². The molecule has 0 aliphatic heterocycles. The Balaban J connectivity index is 1.63. The molecule has 0 bridgehead atoms. The molecule has 0 spiro atoms. The highest BCUT2D eigenvalue weighted by atomic mass is 14.2. The van der Waals surface area contributed by atoms with Crippen LogP contribution in [0.15, 0.2) is 127 Å². The van der Waals surface area contributed by atoms with Gasteiger partial charge in [-0.05, 0) is 92.0 Å². The first-order valence-electron chi connectivity index (χ1n) is 13.7. The summed E-state index contributed by atoms with van der Waals surface area (Å²) in [6.07, 6.45) is 0. The molecule has 0 unspecified atom stereocenters. The SMILES string of the molecule is Cc1cccc(-c2ccc(-c3c4ccccc4c(-c4ccccc4C)c4ccccc34)c3cc(C)ccc23)c1. The van der Waals surface area contributed by atoms with Crippen LogP contribution in [0.4, 0.5) is 0 Å². The molecule has 0 heterocycles. The molecule has 7 aromatic rings. The van der Waals surface area contributed by atoms with Crippen LogP contribution in [0.3, 0.4) is 0 Å². The van der Waals surface area contributed by atoms with Gasteiger partial charge in [0.05, 0.1) is 0 Å². The molecular weight excluding hydrogens is 468 g/mol. The van der Waals surface area contributed by atoms with E-state index >= 15 is 0 Å². The van der Waals surface area contributed by atoms with Gasteiger partial charge in [-0.2, -0.15) is 0 Å². The van der Waals surface area contributed by atoms with E-state index in [4.69, 9.17) is 0 Å². The lowest BCUT2D eigenvalue weighted by Gasteiger charge is -2.20. The van der Waals surface area contributed by atoms with Gasteiger partial charge in [-0.15, -0.1) is 0 Å². The molecule has 0 aromatic heterocycles. The molecule has 0 aliphatic rings. The zero-order valence-corrected chi connectivity index (χ0v) is 22.6. The van der Waals surface area contributed by atoms with Crippen molar-refractivity contribution in [1.82, 2.24) is 0 Å². The number of rotatable bonds is 3. The fourth-order valence-corrected chi connectivity index (χ4v) is 6.31. The lowest BCUT2D eigenvalue weighted by molar-refractivity contribution is 1.47. The Morgan fingerprint density at radius 1 is 0.333 bits per heavy atom. The highest BCUT2D eigenvalue weighted by Gasteiger charge is 2.19. The van der Waals surface area contributed by atoms with Gasteiger partial charge in [-0.1, -0.05) is 139 Å². The summed E-state index contributed by atoms with van der Waals surface area (Å²) < 4.78 is 0. The molecule has 0 saturated carbocycles. The summed E-state index contributed by atoms with van der Waals surface area (Å²) in [5.41, 5.74) is 11.6. The zero-order valence-electron chi connectivity index (χ0n) is 22.6. The fourth-order valence-electron chi connectivity index (χ4n) is 6.31. The number of aryl methyl sites for hydroxylation is 3. The average Bonchev–Trinajstić information content (AvgIpc) is 2.96. The number of hydrogen-bond donors (Lipinski definition) is 0. The molecule has 0 amide bonds. The second-order valence-electron chi connectivity index (χ2n) is 10.7. The maximum Gasteiger partial charge on any atom is -0.00201 e. The van der Waals surface area contributed by atoms with E-state index in [-0.39, 0.29) is 0 Å². The Morgan fingerprint density at radius 3 is 1.54 bits per heavy atom. The van der Waals surface area contributed by atoms with Crippen LogP contribution in [0.2, 0.25) is 0 Å². The van der Waals surface area contributed by atoms with Gasteiger partial charge in [0.15, 0.2) is 0 Å². The molecule has 7 aromatic carbocycles. The molecule has 39 heavy (non-hydrogen) atoms. The largest absolute Gasteiger partial charge is 0.0620 e. The standard InChI is InChI=1S/C39H30/c1-25-11-10-13-28(23-25)30-21-22-36(37-24-26(2)19-20-31(30)37)39-34-17-8-6-15-32(34)38(29-14-5-4-12-27(29)3)33-16-7-9-18-35(33)39/h4-24H,1-3H3. The van der Waals surface area contributed by atoms with Gasteiger partial charge in [0.25, 0.3) is 0 Å². The predicted molar refractivity (Wildman–Crippen MR) is 169 cm³/mol. The monoisotopic (exact) mass is 498 g/mol. The summed E-state index contributed by atoms with van der Waals surface area (Å²) in [6.45, 7) is 6.58. The molecule has 0 saturated heterocycles. The van der Waals surface area contributed by atoms with E-state index in [1.807, 2.05) is 0 Å². The smallest absolute Gasteiger partial charge is 0.00201 e. The first-order chi connectivity index (χ1) is 19.1. The summed E-state index contributed by atoms with van der Waals surface area (Å²) in [5.74, 6) is 0. The molecule has 186 valence electrons. The molecular formula is C39H30. The Morgan fingerprint density at radius 2 is 0.897 bits per heavy atom. The van der Waals surface area contributed by atoms with Gasteiger partial charge in [-0.25, -0.2) is 0 Å². The van der Waals surface area contributed by atoms with Gasteiger partial charge in [0, 0.05) is 0 Å². The topological polar surface area (TPSA) is 0 Å². The van der Waals surface area contributed by atoms with Crippen LogP contribution in [0.1, 0.15) is 16.7 Å². The van der Waals surface area contributed by atoms with Crippen molar-refractivity contribution in [1.29, 1.82) is 0 Å². The van der Waals surface area contributed by atoms with E-state index in [9.17, 15) is 0 Å². The van der Waals surface area contributed by atoms with Crippen LogP contribution < -0.4 is 0 Å². The highest BCUT2D eigenvalue weighted by Crippen LogP contribution is 2.46. The minimum atomic E-state index is 1.26. The predicted octanol–water partition coefficient (Wildman–Crippen LogP) is 11.1. The molecule has 0 aliphatic carbocycles. The Bertz CT molecular complexity index is 1980. The van der Waals surface area contributed by atoms with Gasteiger partial charge in [-0.3, -0.25) is 0 Å². The van der Waals surface area contributed by atoms with Gasteiger partial charge in [0.2, 0.25) is 0 Å². The van der Waals surface area contributed by atoms with E-state index in [1.54, 1.807) is 0 Å². The minimum absolute atomic E-state index is 1.26. The first-order valence-corrected chi connectivity index (χ1v) is 13.7. The first kappa shape index (κ1) is 23.4. The molecule has 0 heteroatoms. The van der Waals surface area contributed by atoms with E-state index in [2.05, 4.69) is 148 Å². The normalized spacial score (nSPS) is 11.5. The van der Waals surface area contributed by atoms with Crippen molar-refractivity contribution in [3.05, 3.63) is 144 Å². The van der Waals surface area contributed by atoms with Crippen molar-refractivity contribution in [3.8, 4) is 33.4 Å². The van der Waals surface area contributed by atoms with Gasteiger partial charge in [0.1, 0.15) is 0 Å². The van der Waals surface area contributed by atoms with Crippen molar-refractivity contribution in [3.63, 3.8) is 0 Å². The van der Waals surface area contributed by atoms with Gasteiger partial charge < -0.3 is 0 Å². The summed E-state index contributed by atoms with van der Waals surface area (Å²) >= 11 is 0. The second kappa shape index (κ2) is 9.26. The van der Waals surface area contributed by atoms with Crippen molar-refractivity contribution in [2.75, 3.05) is 0 Å². The maximum absolute atomic E-state index is 2.36. The quantitative estimate of drug-likeness (QED) is 0.213. The van der Waals surface area contributed by atoms with E-state index < -0.39 is 0 Å². The summed E-state index contributed by atoms with van der Waals surface area (Å²) in [5, 5.41) is 7.77. The fraction of sp³-hybridized carbons (Fsp3) is 0.0769. The van der Waals surface area contributed by atoms with Crippen molar-refractivity contribution in [2.45, 2.75) is 20.8 Å². The van der Waals surface area contributed by atoms with E-state index in [0.717, 1.165) is 0 Å². The Labute approximate surface area is 230 Å². The van der Waals surface area contributed by atoms with Crippen LogP contribution in [-0.4, -0.2) is 0 Å². The summed E-state index contributed by atoms with van der Waals surface area (Å²) in [7, 11) is 0. The molecule has 0 nitrogen and oxygen atoms in total. The van der Waals surface area contributed by atoms with Crippen molar-refractivity contribution in [2.24, 2.45) is 0 Å². The zero-order chi connectivity index (χ0) is 26.5. The maximum atomic E-state index is 2.36. The highest BCUT2D eigenvalue weighted by molar-refractivity contribution is 6.24.